The van der Waals surface area contributed by atoms with Gasteiger partial charge in [0, 0.05) is 45.5 Å². The number of carbonyl (C=O) groups is 1. The molecule has 3 aromatic rings. The second kappa shape index (κ2) is 8.23. The SMILES string of the molecule is COc1ccc2c(c1)CN(c1nnc(C(=O)Nc3cnccc3N3CCNCC3)o1)C2. The van der Waals surface area contributed by atoms with Gasteiger partial charge in [-0.15, -0.1) is 5.10 Å². The average molecular weight is 421 g/mol. The molecule has 0 unspecified atom stereocenters. The number of nitrogens with zero attached hydrogens (tertiary/aromatic N) is 5. The Bertz CT molecular complexity index is 1090. The summed E-state index contributed by atoms with van der Waals surface area (Å²) in [5.74, 6) is 0.267. The van der Waals surface area contributed by atoms with Crippen molar-refractivity contribution in [2.75, 3.05) is 48.4 Å². The summed E-state index contributed by atoms with van der Waals surface area (Å²) >= 11 is 0. The Morgan fingerprint density at radius 1 is 1.13 bits per heavy atom. The van der Waals surface area contributed by atoms with Gasteiger partial charge in [0.15, 0.2) is 0 Å². The van der Waals surface area contributed by atoms with Crippen LogP contribution in [0.4, 0.5) is 17.4 Å². The van der Waals surface area contributed by atoms with E-state index in [0.717, 1.165) is 43.2 Å². The normalized spacial score (nSPS) is 15.6. The summed E-state index contributed by atoms with van der Waals surface area (Å²) in [5, 5.41) is 14.2. The Hall–Kier alpha value is -3.66. The third-order valence-corrected chi connectivity index (χ3v) is 5.52. The van der Waals surface area contributed by atoms with Crippen molar-refractivity contribution in [2.24, 2.45) is 0 Å². The van der Waals surface area contributed by atoms with Crippen molar-refractivity contribution in [3.63, 3.8) is 0 Å². The van der Waals surface area contributed by atoms with Crippen molar-refractivity contribution in [1.82, 2.24) is 20.5 Å². The Labute approximate surface area is 179 Å². The van der Waals surface area contributed by atoms with E-state index in [2.05, 4.69) is 30.7 Å². The summed E-state index contributed by atoms with van der Waals surface area (Å²) in [6.07, 6.45) is 3.36. The Balaban J connectivity index is 1.29. The molecule has 1 amide bonds. The molecule has 1 saturated heterocycles. The lowest BCUT2D eigenvalue weighted by molar-refractivity contribution is 0.0990. The zero-order valence-electron chi connectivity index (χ0n) is 17.2. The minimum absolute atomic E-state index is 0.0846. The minimum Gasteiger partial charge on any atom is -0.497 e. The summed E-state index contributed by atoms with van der Waals surface area (Å²) in [4.78, 5) is 21.1. The number of rotatable bonds is 5. The lowest BCUT2D eigenvalue weighted by atomic mass is 10.1. The van der Waals surface area contributed by atoms with Crippen LogP contribution in [0.3, 0.4) is 0 Å². The van der Waals surface area contributed by atoms with E-state index in [1.807, 2.05) is 29.2 Å². The molecule has 0 radical (unpaired) electrons. The first-order valence-corrected chi connectivity index (χ1v) is 10.2. The standard InChI is InChI=1S/C21H23N7O3/c1-30-16-3-2-14-12-28(13-15(14)10-16)21-26-25-20(31-21)19(29)24-17-11-23-5-4-18(17)27-8-6-22-7-9-27/h2-5,10-11,22H,6-9,12-13H2,1H3,(H,24,29). The maximum Gasteiger partial charge on any atom is 0.319 e. The van der Waals surface area contributed by atoms with Gasteiger partial charge >= 0.3 is 17.8 Å². The number of amides is 1. The molecule has 1 aromatic carbocycles. The van der Waals surface area contributed by atoms with Crippen molar-refractivity contribution in [2.45, 2.75) is 13.1 Å². The fourth-order valence-electron chi connectivity index (χ4n) is 3.91. The van der Waals surface area contributed by atoms with Gasteiger partial charge in [-0.05, 0) is 29.3 Å². The first kappa shape index (κ1) is 19.3. The molecule has 31 heavy (non-hydrogen) atoms. The lowest BCUT2D eigenvalue weighted by Gasteiger charge is -2.30. The van der Waals surface area contributed by atoms with Gasteiger partial charge < -0.3 is 29.6 Å². The zero-order chi connectivity index (χ0) is 21.2. The van der Waals surface area contributed by atoms with Gasteiger partial charge in [0.2, 0.25) is 0 Å². The highest BCUT2D eigenvalue weighted by atomic mass is 16.5. The van der Waals surface area contributed by atoms with Crippen LogP contribution in [0.1, 0.15) is 21.8 Å². The first-order chi connectivity index (χ1) is 15.2. The molecule has 10 heteroatoms. The highest BCUT2D eigenvalue weighted by Crippen LogP contribution is 2.30. The van der Waals surface area contributed by atoms with E-state index in [1.165, 1.54) is 5.56 Å². The molecule has 2 aliphatic rings. The predicted molar refractivity (Wildman–Crippen MR) is 114 cm³/mol. The topological polar surface area (TPSA) is 109 Å². The third-order valence-electron chi connectivity index (χ3n) is 5.52. The molecule has 0 bridgehead atoms. The van der Waals surface area contributed by atoms with Crippen LogP contribution in [0.5, 0.6) is 5.75 Å². The Morgan fingerprint density at radius 3 is 2.81 bits per heavy atom. The van der Waals surface area contributed by atoms with Gasteiger partial charge in [0.1, 0.15) is 5.75 Å². The molecule has 2 N–H and O–H groups in total. The Kier molecular flexibility index (Phi) is 5.13. The molecular weight excluding hydrogens is 398 g/mol. The third kappa shape index (κ3) is 3.89. The number of pyridine rings is 1. The van der Waals surface area contributed by atoms with Crippen LogP contribution >= 0.6 is 0 Å². The number of benzene rings is 1. The molecule has 2 aliphatic heterocycles. The van der Waals surface area contributed by atoms with E-state index in [0.29, 0.717) is 24.8 Å². The zero-order valence-corrected chi connectivity index (χ0v) is 17.2. The molecule has 4 heterocycles. The molecule has 1 fully saturated rings. The van der Waals surface area contributed by atoms with E-state index < -0.39 is 5.91 Å². The van der Waals surface area contributed by atoms with E-state index in [4.69, 9.17) is 9.15 Å². The summed E-state index contributed by atoms with van der Waals surface area (Å²) in [6.45, 7) is 4.76. The summed E-state index contributed by atoms with van der Waals surface area (Å²) in [6, 6.07) is 8.17. The summed E-state index contributed by atoms with van der Waals surface area (Å²) in [7, 11) is 1.65. The van der Waals surface area contributed by atoms with Crippen molar-refractivity contribution in [1.29, 1.82) is 0 Å². The maximum absolute atomic E-state index is 12.8. The van der Waals surface area contributed by atoms with Crippen LogP contribution in [0.15, 0.2) is 41.1 Å². The molecular formula is C21H23N7O3. The van der Waals surface area contributed by atoms with Gasteiger partial charge in [-0.1, -0.05) is 11.2 Å². The van der Waals surface area contributed by atoms with Gasteiger partial charge in [-0.2, -0.15) is 0 Å². The van der Waals surface area contributed by atoms with Crippen LogP contribution in [-0.2, 0) is 13.1 Å². The molecule has 5 rings (SSSR count). The first-order valence-electron chi connectivity index (χ1n) is 10.2. The molecule has 0 aliphatic carbocycles. The van der Waals surface area contributed by atoms with Crippen molar-refractivity contribution < 1.29 is 13.9 Å². The maximum atomic E-state index is 12.8. The van der Waals surface area contributed by atoms with Gasteiger partial charge in [0.05, 0.1) is 24.7 Å². The summed E-state index contributed by atoms with van der Waals surface area (Å²) < 4.78 is 11.0. The number of carbonyl (C=O) groups excluding carboxylic acids is 1. The number of nitrogens with one attached hydrogen (secondary N) is 2. The minimum atomic E-state index is -0.457. The lowest BCUT2D eigenvalue weighted by Crippen LogP contribution is -2.43. The monoisotopic (exact) mass is 421 g/mol. The molecule has 0 saturated carbocycles. The van der Waals surface area contributed by atoms with Crippen molar-refractivity contribution in [3.05, 3.63) is 53.7 Å². The van der Waals surface area contributed by atoms with Crippen molar-refractivity contribution >= 4 is 23.3 Å². The number of fused-ring (bicyclic) bond motifs is 1. The van der Waals surface area contributed by atoms with E-state index >= 15 is 0 Å². The predicted octanol–water partition coefficient (Wildman–Crippen LogP) is 1.66. The quantitative estimate of drug-likeness (QED) is 0.636. The molecule has 10 nitrogen and oxygen atoms in total. The average Bonchev–Trinajstić information content (AvgIpc) is 3.47. The molecule has 0 spiro atoms. The van der Waals surface area contributed by atoms with Crippen LogP contribution in [0, 0.1) is 0 Å². The van der Waals surface area contributed by atoms with Crippen LogP contribution in [-0.4, -0.2) is 54.4 Å². The van der Waals surface area contributed by atoms with Crippen LogP contribution in [0.25, 0.3) is 0 Å². The van der Waals surface area contributed by atoms with E-state index in [1.54, 1.807) is 19.5 Å². The largest absolute Gasteiger partial charge is 0.497 e. The number of anilines is 3. The fourth-order valence-corrected chi connectivity index (χ4v) is 3.91. The second-order valence-electron chi connectivity index (χ2n) is 7.46. The Morgan fingerprint density at radius 2 is 1.97 bits per heavy atom. The second-order valence-corrected chi connectivity index (χ2v) is 7.46. The number of ether oxygens (including phenoxy) is 1. The van der Waals surface area contributed by atoms with Crippen molar-refractivity contribution in [3.8, 4) is 5.75 Å². The fraction of sp³-hybridized carbons (Fsp3) is 0.333. The number of hydrogen-bond acceptors (Lipinski definition) is 9. The number of aromatic nitrogens is 3. The van der Waals surface area contributed by atoms with E-state index in [9.17, 15) is 4.79 Å². The highest BCUT2D eigenvalue weighted by Gasteiger charge is 2.26. The van der Waals surface area contributed by atoms with Gasteiger partial charge in [-0.25, -0.2) is 0 Å². The van der Waals surface area contributed by atoms with Gasteiger partial charge in [0.25, 0.3) is 0 Å². The number of methoxy groups -OCH3 is 1. The molecule has 160 valence electrons. The number of piperazine rings is 1. The van der Waals surface area contributed by atoms with Gasteiger partial charge in [-0.3, -0.25) is 9.78 Å². The highest BCUT2D eigenvalue weighted by molar-refractivity contribution is 6.02. The summed E-state index contributed by atoms with van der Waals surface area (Å²) in [5.41, 5.74) is 3.85. The van der Waals surface area contributed by atoms with Crippen LogP contribution < -0.4 is 25.2 Å². The molecule has 0 atom stereocenters. The smallest absolute Gasteiger partial charge is 0.319 e. The number of hydrogen-bond donors (Lipinski definition) is 2. The van der Waals surface area contributed by atoms with E-state index in [-0.39, 0.29) is 5.89 Å². The molecule has 2 aromatic heterocycles. The van der Waals surface area contributed by atoms with Crippen LogP contribution in [0.2, 0.25) is 0 Å².